The van der Waals surface area contributed by atoms with E-state index < -0.39 is 0 Å². The Bertz CT molecular complexity index is 726. The van der Waals surface area contributed by atoms with Gasteiger partial charge in [0, 0.05) is 13.3 Å². The molecule has 0 aromatic heterocycles. The molecule has 0 aromatic carbocycles. The number of rotatable bonds is 6. The third kappa shape index (κ3) is 4.21. The molecule has 3 nitrogen and oxygen atoms in total. The molecular weight excluding hydrogens is 396 g/mol. The molecule has 0 bridgehead atoms. The SMILES string of the molecule is CC(=O)O[C@H]1CC[C@@]2(C)C(=CC[C@@H]3[C@H]4CC[C@H]([C@H](C)[C@H](O)CCC(C)C)[C@]4(C)CC[C@H]32)C1. The van der Waals surface area contributed by atoms with Crippen molar-refractivity contribution in [1.82, 2.24) is 0 Å². The molecule has 0 amide bonds. The first-order valence-corrected chi connectivity index (χ1v) is 13.6. The molecule has 32 heavy (non-hydrogen) atoms. The average molecular weight is 445 g/mol. The fourth-order valence-corrected chi connectivity index (χ4v) is 8.90. The Morgan fingerprint density at radius 1 is 1.09 bits per heavy atom. The van der Waals surface area contributed by atoms with Crippen LogP contribution in [0.15, 0.2) is 11.6 Å². The highest BCUT2D eigenvalue weighted by atomic mass is 16.5. The Labute approximate surface area is 196 Å². The van der Waals surface area contributed by atoms with E-state index >= 15 is 0 Å². The Morgan fingerprint density at radius 3 is 2.53 bits per heavy atom. The third-order valence-electron chi connectivity index (χ3n) is 10.7. The van der Waals surface area contributed by atoms with Gasteiger partial charge in [0.05, 0.1) is 6.10 Å². The molecule has 182 valence electrons. The molecule has 0 spiro atoms. The number of hydrogen-bond donors (Lipinski definition) is 1. The molecule has 3 heteroatoms. The first kappa shape index (κ1) is 24.3. The minimum absolute atomic E-state index is 0.0845. The van der Waals surface area contributed by atoms with Gasteiger partial charge in [0.2, 0.25) is 0 Å². The van der Waals surface area contributed by atoms with E-state index in [4.69, 9.17) is 4.74 Å². The predicted octanol–water partition coefficient (Wildman–Crippen LogP) is 6.93. The van der Waals surface area contributed by atoms with Crippen LogP contribution in [0.25, 0.3) is 0 Å². The lowest BCUT2D eigenvalue weighted by molar-refractivity contribution is -0.148. The van der Waals surface area contributed by atoms with Gasteiger partial charge in [0.15, 0.2) is 0 Å². The summed E-state index contributed by atoms with van der Waals surface area (Å²) >= 11 is 0. The van der Waals surface area contributed by atoms with Gasteiger partial charge in [0.1, 0.15) is 6.10 Å². The fourth-order valence-electron chi connectivity index (χ4n) is 8.90. The Balaban J connectivity index is 1.49. The molecule has 0 unspecified atom stereocenters. The molecule has 0 aromatic rings. The van der Waals surface area contributed by atoms with E-state index in [2.05, 4.69) is 40.7 Å². The van der Waals surface area contributed by atoms with Gasteiger partial charge in [-0.25, -0.2) is 0 Å². The van der Waals surface area contributed by atoms with Crippen LogP contribution >= 0.6 is 0 Å². The van der Waals surface area contributed by atoms with E-state index in [1.807, 2.05) is 0 Å². The van der Waals surface area contributed by atoms with Crippen molar-refractivity contribution in [3.8, 4) is 0 Å². The second kappa shape index (κ2) is 9.08. The van der Waals surface area contributed by atoms with E-state index in [1.54, 1.807) is 12.5 Å². The number of aliphatic hydroxyl groups is 1. The topological polar surface area (TPSA) is 46.5 Å². The summed E-state index contributed by atoms with van der Waals surface area (Å²) < 4.78 is 5.60. The second-order valence-electron chi connectivity index (χ2n) is 12.9. The number of carbonyl (C=O) groups excluding carboxylic acids is 1. The highest BCUT2D eigenvalue weighted by Crippen LogP contribution is 2.67. The summed E-state index contributed by atoms with van der Waals surface area (Å²) in [6.07, 6.45) is 14.2. The zero-order chi connectivity index (χ0) is 23.3. The minimum atomic E-state index is -0.150. The van der Waals surface area contributed by atoms with Gasteiger partial charge in [-0.15, -0.1) is 0 Å². The standard InChI is InChI=1S/C29H48O3/c1-18(2)7-12-27(31)19(3)24-10-11-25-23-9-8-21-17-22(32-20(4)30)13-15-28(21,5)26(23)14-16-29(24,25)6/h8,18-19,22-27,31H,7,9-17H2,1-6H3/t19-,22-,23+,24+,25+,26+,27+,28-,29-/m0/s1. The maximum absolute atomic E-state index is 11.5. The van der Waals surface area contributed by atoms with E-state index in [0.29, 0.717) is 28.6 Å². The van der Waals surface area contributed by atoms with Crippen molar-refractivity contribution in [3.05, 3.63) is 11.6 Å². The monoisotopic (exact) mass is 444 g/mol. The lowest BCUT2D eigenvalue weighted by Gasteiger charge is -2.58. The minimum Gasteiger partial charge on any atom is -0.462 e. The molecule has 4 rings (SSSR count). The van der Waals surface area contributed by atoms with Crippen molar-refractivity contribution in [2.75, 3.05) is 0 Å². The molecule has 9 atom stereocenters. The van der Waals surface area contributed by atoms with Gasteiger partial charge in [-0.2, -0.15) is 0 Å². The fraction of sp³-hybridized carbons (Fsp3) is 0.897. The Kier molecular flexibility index (Phi) is 6.90. The van der Waals surface area contributed by atoms with Gasteiger partial charge in [0.25, 0.3) is 0 Å². The maximum atomic E-state index is 11.5. The summed E-state index contributed by atoms with van der Waals surface area (Å²) in [6, 6.07) is 0. The number of ether oxygens (including phenoxy) is 1. The van der Waals surface area contributed by atoms with Gasteiger partial charge in [-0.3, -0.25) is 4.79 Å². The van der Waals surface area contributed by atoms with E-state index in [-0.39, 0.29) is 18.2 Å². The lowest BCUT2D eigenvalue weighted by Crippen LogP contribution is -2.51. The van der Waals surface area contributed by atoms with Crippen molar-refractivity contribution in [2.24, 2.45) is 46.3 Å². The van der Waals surface area contributed by atoms with Crippen LogP contribution in [0.5, 0.6) is 0 Å². The maximum Gasteiger partial charge on any atom is 0.302 e. The van der Waals surface area contributed by atoms with Crippen LogP contribution in [0.4, 0.5) is 0 Å². The highest BCUT2D eigenvalue weighted by Gasteiger charge is 2.59. The van der Waals surface area contributed by atoms with Crippen LogP contribution in [0.2, 0.25) is 0 Å². The number of hydrogen-bond acceptors (Lipinski definition) is 3. The molecule has 0 saturated heterocycles. The zero-order valence-electron chi connectivity index (χ0n) is 21.5. The molecule has 0 aliphatic heterocycles. The normalized spacial score (nSPS) is 43.0. The number of aliphatic hydroxyl groups excluding tert-OH is 1. The summed E-state index contributed by atoms with van der Waals surface area (Å²) in [5.74, 6) is 3.96. The first-order valence-electron chi connectivity index (χ1n) is 13.6. The second-order valence-corrected chi connectivity index (χ2v) is 12.9. The van der Waals surface area contributed by atoms with Crippen LogP contribution in [-0.4, -0.2) is 23.3 Å². The summed E-state index contributed by atoms with van der Waals surface area (Å²) in [5, 5.41) is 11.0. The first-order chi connectivity index (χ1) is 15.1. The van der Waals surface area contributed by atoms with Crippen LogP contribution in [0.1, 0.15) is 106 Å². The number of allylic oxidation sites excluding steroid dienone is 1. The summed E-state index contributed by atoms with van der Waals surface area (Å²) in [7, 11) is 0. The number of esters is 1. The van der Waals surface area contributed by atoms with Gasteiger partial charge in [-0.05, 0) is 104 Å². The third-order valence-corrected chi connectivity index (χ3v) is 10.7. The van der Waals surface area contributed by atoms with Crippen molar-refractivity contribution < 1.29 is 14.6 Å². The molecule has 0 heterocycles. The summed E-state index contributed by atoms with van der Waals surface area (Å²) in [6.45, 7) is 13.5. The summed E-state index contributed by atoms with van der Waals surface area (Å²) in [5.41, 5.74) is 2.25. The van der Waals surface area contributed by atoms with Crippen molar-refractivity contribution in [1.29, 1.82) is 0 Å². The lowest BCUT2D eigenvalue weighted by atomic mass is 9.47. The van der Waals surface area contributed by atoms with Crippen LogP contribution < -0.4 is 0 Å². The molecule has 1 N–H and O–H groups in total. The molecule has 3 saturated carbocycles. The molecule has 3 fully saturated rings. The predicted molar refractivity (Wildman–Crippen MR) is 130 cm³/mol. The molecular formula is C29H48O3. The number of carbonyl (C=O) groups is 1. The molecule has 4 aliphatic rings. The van der Waals surface area contributed by atoms with Crippen molar-refractivity contribution >= 4 is 5.97 Å². The van der Waals surface area contributed by atoms with Gasteiger partial charge >= 0.3 is 5.97 Å². The van der Waals surface area contributed by atoms with E-state index in [1.165, 1.54) is 32.1 Å². The number of fused-ring (bicyclic) bond motifs is 5. The van der Waals surface area contributed by atoms with Crippen LogP contribution in [0, 0.1) is 46.3 Å². The van der Waals surface area contributed by atoms with Gasteiger partial charge in [-0.1, -0.05) is 46.3 Å². The Morgan fingerprint density at radius 2 is 1.84 bits per heavy atom. The molecule has 0 radical (unpaired) electrons. The smallest absolute Gasteiger partial charge is 0.302 e. The molecule has 4 aliphatic carbocycles. The highest BCUT2D eigenvalue weighted by molar-refractivity contribution is 5.66. The van der Waals surface area contributed by atoms with Crippen LogP contribution in [0.3, 0.4) is 0 Å². The van der Waals surface area contributed by atoms with E-state index in [0.717, 1.165) is 49.9 Å². The zero-order valence-corrected chi connectivity index (χ0v) is 21.5. The van der Waals surface area contributed by atoms with Gasteiger partial charge < -0.3 is 9.84 Å². The quantitative estimate of drug-likeness (QED) is 0.357. The van der Waals surface area contributed by atoms with E-state index in [9.17, 15) is 9.90 Å². The largest absolute Gasteiger partial charge is 0.462 e. The van der Waals surface area contributed by atoms with Crippen molar-refractivity contribution in [2.45, 2.75) is 118 Å². The van der Waals surface area contributed by atoms with Crippen LogP contribution in [-0.2, 0) is 9.53 Å². The summed E-state index contributed by atoms with van der Waals surface area (Å²) in [4.78, 5) is 11.5. The van der Waals surface area contributed by atoms with Crippen molar-refractivity contribution in [3.63, 3.8) is 0 Å². The Hall–Kier alpha value is -0.830. The average Bonchev–Trinajstić information content (AvgIpc) is 3.08.